The van der Waals surface area contributed by atoms with E-state index in [0.29, 0.717) is 35.6 Å². The first-order valence-electron chi connectivity index (χ1n) is 8.50. The molecule has 0 saturated heterocycles. The first-order valence-corrected chi connectivity index (χ1v) is 9.38. The number of guanidine groups is 1. The van der Waals surface area contributed by atoms with Crippen LogP contribution in [0.4, 0.5) is 13.2 Å². The minimum Gasteiger partial charge on any atom is -0.497 e. The average molecular weight is 544 g/mol. The quantitative estimate of drug-likeness (QED) is 0.319. The second kappa shape index (κ2) is 11.4. The van der Waals surface area contributed by atoms with Gasteiger partial charge in [-0.1, -0.05) is 0 Å². The highest BCUT2D eigenvalue weighted by atomic mass is 127. The zero-order chi connectivity index (χ0) is 20.7. The Bertz CT molecular complexity index is 815. The standard InChI is InChI=1S/C18H23F3N4O2S.HI/c1-5-22-17(23-9-16-24-15(11-28-16)18(19,20)21)25(2)10-12-6-7-13(26-3)8-14(12)27-4;/h6-8,11H,5,9-10H2,1-4H3,(H,22,23);1H. The van der Waals surface area contributed by atoms with E-state index in [1.54, 1.807) is 20.3 Å². The van der Waals surface area contributed by atoms with Gasteiger partial charge in [0.15, 0.2) is 11.7 Å². The van der Waals surface area contributed by atoms with Crippen molar-refractivity contribution in [1.82, 2.24) is 15.2 Å². The molecule has 162 valence electrons. The fraction of sp³-hybridized carbons (Fsp3) is 0.444. The number of alkyl halides is 3. The number of benzene rings is 1. The Hall–Kier alpha value is -1.76. The van der Waals surface area contributed by atoms with Crippen LogP contribution in [0.15, 0.2) is 28.6 Å². The van der Waals surface area contributed by atoms with E-state index >= 15 is 0 Å². The van der Waals surface area contributed by atoms with Crippen LogP contribution in [0.1, 0.15) is 23.2 Å². The van der Waals surface area contributed by atoms with Gasteiger partial charge in [0, 0.05) is 37.1 Å². The molecule has 11 heteroatoms. The monoisotopic (exact) mass is 544 g/mol. The van der Waals surface area contributed by atoms with Crippen molar-refractivity contribution in [2.45, 2.75) is 26.2 Å². The van der Waals surface area contributed by atoms with Crippen LogP contribution in [0, 0.1) is 0 Å². The molecule has 1 N–H and O–H groups in total. The number of halogens is 4. The molecule has 29 heavy (non-hydrogen) atoms. The van der Waals surface area contributed by atoms with Gasteiger partial charge in [0.1, 0.15) is 16.5 Å². The normalized spacial score (nSPS) is 11.6. The van der Waals surface area contributed by atoms with E-state index < -0.39 is 11.9 Å². The van der Waals surface area contributed by atoms with Crippen molar-refractivity contribution >= 4 is 41.3 Å². The third kappa shape index (κ3) is 7.21. The molecule has 0 radical (unpaired) electrons. The molecule has 1 heterocycles. The van der Waals surface area contributed by atoms with E-state index in [1.165, 1.54) is 0 Å². The largest absolute Gasteiger partial charge is 0.497 e. The van der Waals surface area contributed by atoms with Crippen LogP contribution in [-0.4, -0.2) is 43.7 Å². The zero-order valence-corrected chi connectivity index (χ0v) is 19.7. The number of hydrogen-bond acceptors (Lipinski definition) is 5. The molecule has 0 aliphatic rings. The number of aromatic nitrogens is 1. The molecular formula is C18H24F3IN4O2S. The summed E-state index contributed by atoms with van der Waals surface area (Å²) in [4.78, 5) is 9.89. The number of ether oxygens (including phenoxy) is 2. The SMILES string of the molecule is CCNC(=NCc1nc(C(F)(F)F)cs1)N(C)Cc1ccc(OC)cc1OC.I. The molecule has 1 aromatic carbocycles. The molecule has 0 fully saturated rings. The van der Waals surface area contributed by atoms with Gasteiger partial charge in [-0.3, -0.25) is 0 Å². The van der Waals surface area contributed by atoms with Gasteiger partial charge in [-0.15, -0.1) is 35.3 Å². The maximum Gasteiger partial charge on any atom is 0.434 e. The number of hydrogen-bond donors (Lipinski definition) is 1. The lowest BCUT2D eigenvalue weighted by molar-refractivity contribution is -0.140. The maximum atomic E-state index is 12.7. The van der Waals surface area contributed by atoms with Gasteiger partial charge < -0.3 is 19.7 Å². The van der Waals surface area contributed by atoms with Crippen LogP contribution in [0.5, 0.6) is 11.5 Å². The summed E-state index contributed by atoms with van der Waals surface area (Å²) in [5, 5.41) is 4.44. The van der Waals surface area contributed by atoms with Crippen molar-refractivity contribution in [3.63, 3.8) is 0 Å². The van der Waals surface area contributed by atoms with Gasteiger partial charge in [-0.05, 0) is 19.1 Å². The van der Waals surface area contributed by atoms with Gasteiger partial charge in [0.2, 0.25) is 0 Å². The Morgan fingerprint density at radius 3 is 2.55 bits per heavy atom. The highest BCUT2D eigenvalue weighted by Gasteiger charge is 2.33. The molecule has 0 aliphatic carbocycles. The fourth-order valence-electron chi connectivity index (χ4n) is 2.44. The van der Waals surface area contributed by atoms with Gasteiger partial charge in [-0.2, -0.15) is 13.2 Å². The van der Waals surface area contributed by atoms with E-state index in [4.69, 9.17) is 9.47 Å². The minimum absolute atomic E-state index is 0. The van der Waals surface area contributed by atoms with Crippen molar-refractivity contribution in [3.8, 4) is 11.5 Å². The molecule has 0 unspecified atom stereocenters. The molecule has 0 aliphatic heterocycles. The number of nitrogens with zero attached hydrogens (tertiary/aromatic N) is 3. The summed E-state index contributed by atoms with van der Waals surface area (Å²) in [6.45, 7) is 3.09. The zero-order valence-electron chi connectivity index (χ0n) is 16.5. The van der Waals surface area contributed by atoms with E-state index in [-0.39, 0.29) is 30.5 Å². The Labute approximate surface area is 189 Å². The molecule has 0 amide bonds. The van der Waals surface area contributed by atoms with Gasteiger partial charge in [0.05, 0.1) is 20.8 Å². The number of nitrogens with one attached hydrogen (secondary N) is 1. The van der Waals surface area contributed by atoms with Crippen molar-refractivity contribution in [2.75, 3.05) is 27.8 Å². The van der Waals surface area contributed by atoms with Crippen molar-refractivity contribution < 1.29 is 22.6 Å². The van der Waals surface area contributed by atoms with Gasteiger partial charge in [0.25, 0.3) is 0 Å². The third-order valence-electron chi connectivity index (χ3n) is 3.80. The summed E-state index contributed by atoms with van der Waals surface area (Å²) in [7, 11) is 5.01. The van der Waals surface area contributed by atoms with Crippen molar-refractivity contribution in [3.05, 3.63) is 39.8 Å². The molecule has 2 aromatic rings. The number of aliphatic imine (C=N–C) groups is 1. The Balaban J connectivity index is 0.00000420. The highest BCUT2D eigenvalue weighted by Crippen LogP contribution is 2.30. The Morgan fingerprint density at radius 1 is 1.28 bits per heavy atom. The summed E-state index contributed by atoms with van der Waals surface area (Å²) in [5.74, 6) is 1.92. The van der Waals surface area contributed by atoms with E-state index in [9.17, 15) is 13.2 Å². The molecule has 0 saturated carbocycles. The third-order valence-corrected chi connectivity index (χ3v) is 4.64. The fourth-order valence-corrected chi connectivity index (χ4v) is 3.16. The van der Waals surface area contributed by atoms with Crippen LogP contribution < -0.4 is 14.8 Å². The average Bonchev–Trinajstić information content (AvgIpc) is 3.14. The second-order valence-electron chi connectivity index (χ2n) is 5.83. The molecule has 2 rings (SSSR count). The topological polar surface area (TPSA) is 59.0 Å². The van der Waals surface area contributed by atoms with E-state index in [1.807, 2.05) is 31.0 Å². The summed E-state index contributed by atoms with van der Waals surface area (Å²) in [6.07, 6.45) is -4.44. The lowest BCUT2D eigenvalue weighted by atomic mass is 10.2. The lowest BCUT2D eigenvalue weighted by Crippen LogP contribution is -2.38. The maximum absolute atomic E-state index is 12.7. The Kier molecular flexibility index (Phi) is 9.96. The number of thiazole rings is 1. The smallest absolute Gasteiger partial charge is 0.434 e. The second-order valence-corrected chi connectivity index (χ2v) is 6.77. The molecule has 6 nitrogen and oxygen atoms in total. The van der Waals surface area contributed by atoms with Crippen LogP contribution >= 0.6 is 35.3 Å². The number of rotatable bonds is 7. The first-order chi connectivity index (χ1) is 13.3. The van der Waals surface area contributed by atoms with Crippen LogP contribution in [0.25, 0.3) is 0 Å². The predicted octanol–water partition coefficient (Wildman–Crippen LogP) is 4.39. The van der Waals surface area contributed by atoms with Gasteiger partial charge >= 0.3 is 6.18 Å². The molecule has 0 atom stereocenters. The Morgan fingerprint density at radius 2 is 2.00 bits per heavy atom. The van der Waals surface area contributed by atoms with Gasteiger partial charge in [-0.25, -0.2) is 9.98 Å². The van der Waals surface area contributed by atoms with Crippen molar-refractivity contribution in [1.29, 1.82) is 0 Å². The predicted molar refractivity (Wildman–Crippen MR) is 118 cm³/mol. The highest BCUT2D eigenvalue weighted by molar-refractivity contribution is 14.0. The summed E-state index contributed by atoms with van der Waals surface area (Å²) in [5.41, 5.74) is 0.0361. The number of methoxy groups -OCH3 is 2. The molecule has 1 aromatic heterocycles. The van der Waals surface area contributed by atoms with E-state index in [2.05, 4.69) is 15.3 Å². The summed E-state index contributed by atoms with van der Waals surface area (Å²) < 4.78 is 48.7. The molecular weight excluding hydrogens is 520 g/mol. The summed E-state index contributed by atoms with van der Waals surface area (Å²) in [6, 6.07) is 5.53. The van der Waals surface area contributed by atoms with Crippen LogP contribution in [0.2, 0.25) is 0 Å². The lowest BCUT2D eigenvalue weighted by Gasteiger charge is -2.23. The first kappa shape index (κ1) is 25.3. The molecule has 0 bridgehead atoms. The minimum atomic E-state index is -4.44. The van der Waals surface area contributed by atoms with Crippen LogP contribution in [-0.2, 0) is 19.3 Å². The summed E-state index contributed by atoms with van der Waals surface area (Å²) >= 11 is 0.944. The van der Waals surface area contributed by atoms with Crippen molar-refractivity contribution in [2.24, 2.45) is 4.99 Å². The van der Waals surface area contributed by atoms with E-state index in [0.717, 1.165) is 22.3 Å². The van der Waals surface area contributed by atoms with Crippen LogP contribution in [0.3, 0.4) is 0 Å². The molecule has 0 spiro atoms.